The largest absolute Gasteiger partial charge is 0.494 e. The molecule has 0 aliphatic carbocycles. The van der Waals surface area contributed by atoms with Crippen LogP contribution in [0.5, 0.6) is 5.75 Å². The minimum Gasteiger partial charge on any atom is -0.494 e. The number of amides is 3. The molecule has 0 radical (unpaired) electrons. The summed E-state index contributed by atoms with van der Waals surface area (Å²) in [5.41, 5.74) is 2.50. The molecule has 1 aliphatic rings. The number of hydrogen-bond acceptors (Lipinski definition) is 4. The Bertz CT molecular complexity index is 1190. The molecule has 0 spiro atoms. The van der Waals surface area contributed by atoms with Crippen molar-refractivity contribution < 1.29 is 19.1 Å². The summed E-state index contributed by atoms with van der Waals surface area (Å²) in [7, 11) is 0. The first kappa shape index (κ1) is 24.0. The van der Waals surface area contributed by atoms with Gasteiger partial charge in [0.25, 0.3) is 5.91 Å². The van der Waals surface area contributed by atoms with Gasteiger partial charge in [-0.05, 0) is 55.8 Å². The summed E-state index contributed by atoms with van der Waals surface area (Å²) in [6, 6.07) is 23.6. The summed E-state index contributed by atoms with van der Waals surface area (Å²) in [6.45, 7) is 4.66. The molecular weight excluding hydrogens is 442 g/mol. The maximum atomic E-state index is 13.1. The summed E-state index contributed by atoms with van der Waals surface area (Å²) >= 11 is 0. The van der Waals surface area contributed by atoms with Crippen LogP contribution in [0.25, 0.3) is 0 Å². The molecule has 3 amide bonds. The van der Waals surface area contributed by atoms with Gasteiger partial charge in [0.2, 0.25) is 11.8 Å². The van der Waals surface area contributed by atoms with Gasteiger partial charge in [-0.1, -0.05) is 42.5 Å². The first-order valence-corrected chi connectivity index (χ1v) is 11.7. The molecule has 1 fully saturated rings. The molecule has 1 saturated heterocycles. The lowest BCUT2D eigenvalue weighted by molar-refractivity contribution is -0.122. The molecule has 0 bridgehead atoms. The zero-order valence-electron chi connectivity index (χ0n) is 19.9. The summed E-state index contributed by atoms with van der Waals surface area (Å²) in [6.07, 6.45) is 0.110. The lowest BCUT2D eigenvalue weighted by Crippen LogP contribution is -2.30. The van der Waals surface area contributed by atoms with Crippen molar-refractivity contribution in [3.05, 3.63) is 90.0 Å². The van der Waals surface area contributed by atoms with E-state index in [9.17, 15) is 14.4 Å². The van der Waals surface area contributed by atoms with Crippen molar-refractivity contribution in [1.82, 2.24) is 5.32 Å². The summed E-state index contributed by atoms with van der Waals surface area (Å²) in [5.74, 6) is -0.474. The Balaban J connectivity index is 1.42. The number of nitrogens with zero attached hydrogens (tertiary/aromatic N) is 1. The predicted octanol–water partition coefficient (Wildman–Crippen LogP) is 4.57. The molecule has 3 aromatic rings. The van der Waals surface area contributed by atoms with Crippen LogP contribution in [-0.2, 0) is 9.59 Å². The Morgan fingerprint density at radius 3 is 2.40 bits per heavy atom. The van der Waals surface area contributed by atoms with E-state index in [4.69, 9.17) is 4.74 Å². The molecule has 1 aliphatic heterocycles. The van der Waals surface area contributed by atoms with E-state index in [0.29, 0.717) is 17.9 Å². The molecule has 7 heteroatoms. The number of anilines is 2. The van der Waals surface area contributed by atoms with Crippen LogP contribution in [-0.4, -0.2) is 30.9 Å². The van der Waals surface area contributed by atoms with Crippen LogP contribution in [0, 0.1) is 5.92 Å². The number of hydrogen-bond donors (Lipinski definition) is 2. The number of benzene rings is 3. The highest BCUT2D eigenvalue weighted by atomic mass is 16.5. The van der Waals surface area contributed by atoms with Gasteiger partial charge in [-0.25, -0.2) is 0 Å². The molecule has 1 heterocycles. The lowest BCUT2D eigenvalue weighted by Gasteiger charge is -2.18. The first-order chi connectivity index (χ1) is 17.0. The molecule has 35 heavy (non-hydrogen) atoms. The molecule has 2 unspecified atom stereocenters. The van der Waals surface area contributed by atoms with E-state index >= 15 is 0 Å². The third kappa shape index (κ3) is 5.69. The Hall–Kier alpha value is -4.13. The molecule has 4 rings (SSSR count). The summed E-state index contributed by atoms with van der Waals surface area (Å²) in [4.78, 5) is 40.3. The Kier molecular flexibility index (Phi) is 7.45. The zero-order valence-corrected chi connectivity index (χ0v) is 19.9. The van der Waals surface area contributed by atoms with Gasteiger partial charge in [-0.3, -0.25) is 14.4 Å². The van der Waals surface area contributed by atoms with Gasteiger partial charge < -0.3 is 20.3 Å². The van der Waals surface area contributed by atoms with Crippen LogP contribution < -0.4 is 20.3 Å². The number of nitrogens with one attached hydrogen (secondary N) is 2. The topological polar surface area (TPSA) is 87.7 Å². The van der Waals surface area contributed by atoms with Gasteiger partial charge in [0.05, 0.1) is 29.8 Å². The maximum absolute atomic E-state index is 13.1. The molecule has 3 aromatic carbocycles. The Morgan fingerprint density at radius 2 is 1.69 bits per heavy atom. The average molecular weight is 472 g/mol. The standard InChI is InChI=1S/C28H29N3O4/c1-3-35-23-15-13-22(14-16-23)31-18-21(17-26(31)32)27(33)30-25-12-8-7-11-24(25)28(34)29-19(2)20-9-5-4-6-10-20/h4-16,19,21H,3,17-18H2,1-2H3,(H,29,34)(H,30,33). The van der Waals surface area contributed by atoms with Gasteiger partial charge in [-0.15, -0.1) is 0 Å². The number of ether oxygens (including phenoxy) is 1. The van der Waals surface area contributed by atoms with Crippen LogP contribution in [0.2, 0.25) is 0 Å². The highest BCUT2D eigenvalue weighted by molar-refractivity contribution is 6.07. The minimum absolute atomic E-state index is 0.110. The zero-order chi connectivity index (χ0) is 24.8. The highest BCUT2D eigenvalue weighted by Crippen LogP contribution is 2.28. The van der Waals surface area contributed by atoms with E-state index < -0.39 is 5.92 Å². The highest BCUT2D eigenvalue weighted by Gasteiger charge is 2.35. The molecule has 0 aromatic heterocycles. The van der Waals surface area contributed by atoms with Crippen molar-refractivity contribution in [2.24, 2.45) is 5.92 Å². The fourth-order valence-electron chi connectivity index (χ4n) is 4.15. The van der Waals surface area contributed by atoms with Crippen LogP contribution in [0.15, 0.2) is 78.9 Å². The van der Waals surface area contributed by atoms with Crippen molar-refractivity contribution in [1.29, 1.82) is 0 Å². The minimum atomic E-state index is -0.520. The second-order valence-corrected chi connectivity index (χ2v) is 8.47. The third-order valence-electron chi connectivity index (χ3n) is 6.03. The van der Waals surface area contributed by atoms with E-state index in [0.717, 1.165) is 17.0 Å². The lowest BCUT2D eigenvalue weighted by atomic mass is 10.1. The van der Waals surface area contributed by atoms with Gasteiger partial charge in [0, 0.05) is 18.7 Å². The van der Waals surface area contributed by atoms with Crippen molar-refractivity contribution in [2.45, 2.75) is 26.3 Å². The number of carbonyl (C=O) groups excluding carboxylic acids is 3. The summed E-state index contributed by atoms with van der Waals surface area (Å²) < 4.78 is 5.46. The van der Waals surface area contributed by atoms with Gasteiger partial charge in [0.15, 0.2) is 0 Å². The van der Waals surface area contributed by atoms with Crippen molar-refractivity contribution in [2.75, 3.05) is 23.4 Å². The molecule has 2 N–H and O–H groups in total. The van der Waals surface area contributed by atoms with Gasteiger partial charge in [-0.2, -0.15) is 0 Å². The van der Waals surface area contributed by atoms with Crippen LogP contribution in [0.1, 0.15) is 42.2 Å². The average Bonchev–Trinajstić information content (AvgIpc) is 3.27. The molecular formula is C28H29N3O4. The van der Waals surface area contributed by atoms with E-state index in [2.05, 4.69) is 10.6 Å². The molecule has 2 atom stereocenters. The van der Waals surface area contributed by atoms with Crippen LogP contribution in [0.4, 0.5) is 11.4 Å². The monoisotopic (exact) mass is 471 g/mol. The van der Waals surface area contributed by atoms with E-state index in [-0.39, 0.29) is 36.7 Å². The smallest absolute Gasteiger partial charge is 0.253 e. The number of carbonyl (C=O) groups is 3. The van der Waals surface area contributed by atoms with Crippen molar-refractivity contribution in [3.63, 3.8) is 0 Å². The SMILES string of the molecule is CCOc1ccc(N2CC(C(=O)Nc3ccccc3C(=O)NC(C)c3ccccc3)CC2=O)cc1. The second kappa shape index (κ2) is 10.9. The van der Waals surface area contributed by atoms with Crippen LogP contribution >= 0.6 is 0 Å². The number of para-hydroxylation sites is 1. The van der Waals surface area contributed by atoms with Crippen molar-refractivity contribution in [3.8, 4) is 5.75 Å². The molecule has 7 nitrogen and oxygen atoms in total. The summed E-state index contributed by atoms with van der Waals surface area (Å²) in [5, 5.41) is 5.85. The van der Waals surface area contributed by atoms with Crippen LogP contribution in [0.3, 0.4) is 0 Å². The second-order valence-electron chi connectivity index (χ2n) is 8.47. The van der Waals surface area contributed by atoms with Crippen molar-refractivity contribution >= 4 is 29.1 Å². The Labute approximate surface area is 205 Å². The quantitative estimate of drug-likeness (QED) is 0.504. The third-order valence-corrected chi connectivity index (χ3v) is 6.03. The first-order valence-electron chi connectivity index (χ1n) is 11.7. The Morgan fingerprint density at radius 1 is 1.00 bits per heavy atom. The van der Waals surface area contributed by atoms with Gasteiger partial charge in [0.1, 0.15) is 5.75 Å². The molecule has 0 saturated carbocycles. The normalized spacial score (nSPS) is 16.0. The fraction of sp³-hybridized carbons (Fsp3) is 0.250. The van der Waals surface area contributed by atoms with Gasteiger partial charge >= 0.3 is 0 Å². The fourth-order valence-corrected chi connectivity index (χ4v) is 4.15. The molecule has 180 valence electrons. The number of rotatable bonds is 8. The van der Waals surface area contributed by atoms with E-state index in [1.165, 1.54) is 0 Å². The predicted molar refractivity (Wildman–Crippen MR) is 135 cm³/mol. The van der Waals surface area contributed by atoms with E-state index in [1.807, 2.05) is 68.4 Å². The van der Waals surface area contributed by atoms with E-state index in [1.54, 1.807) is 29.2 Å². The maximum Gasteiger partial charge on any atom is 0.253 e.